The Morgan fingerprint density at radius 3 is 2.74 bits per heavy atom. The number of carbonyl (C=O) groups is 1. The SMILES string of the molecule is CC(C(=O)N(C)C1CCS(=O)(=O)C1)n1c(=O)oc2ccccc21. The predicted molar refractivity (Wildman–Crippen MR) is 85.0 cm³/mol. The van der Waals surface area contributed by atoms with Crippen LogP contribution in [0.1, 0.15) is 19.4 Å². The van der Waals surface area contributed by atoms with Crippen LogP contribution >= 0.6 is 0 Å². The van der Waals surface area contributed by atoms with Crippen LogP contribution in [-0.2, 0) is 14.6 Å². The van der Waals surface area contributed by atoms with Crippen LogP contribution in [0, 0.1) is 0 Å². The smallest absolute Gasteiger partial charge is 0.408 e. The lowest BCUT2D eigenvalue weighted by Gasteiger charge is -2.26. The Balaban J connectivity index is 1.90. The molecule has 124 valence electrons. The number of rotatable bonds is 3. The molecule has 1 fully saturated rings. The molecule has 0 radical (unpaired) electrons. The Labute approximate surface area is 133 Å². The molecule has 23 heavy (non-hydrogen) atoms. The van der Waals surface area contributed by atoms with E-state index in [0.29, 0.717) is 17.5 Å². The van der Waals surface area contributed by atoms with E-state index < -0.39 is 21.6 Å². The van der Waals surface area contributed by atoms with E-state index in [4.69, 9.17) is 4.42 Å². The Kier molecular flexibility index (Phi) is 3.79. The topological polar surface area (TPSA) is 89.6 Å². The van der Waals surface area contributed by atoms with Crippen LogP contribution in [0.5, 0.6) is 0 Å². The first-order valence-corrected chi connectivity index (χ1v) is 9.19. The highest BCUT2D eigenvalue weighted by Crippen LogP contribution is 2.22. The number of likely N-dealkylation sites (N-methyl/N-ethyl adjacent to an activating group) is 1. The van der Waals surface area contributed by atoms with Crippen LogP contribution in [0.3, 0.4) is 0 Å². The highest BCUT2D eigenvalue weighted by atomic mass is 32.2. The molecule has 1 saturated heterocycles. The second-order valence-electron chi connectivity index (χ2n) is 5.89. The summed E-state index contributed by atoms with van der Waals surface area (Å²) in [5.74, 6) is -0.832. The normalized spacial score (nSPS) is 21.4. The summed E-state index contributed by atoms with van der Waals surface area (Å²) in [6.45, 7) is 1.62. The van der Waals surface area contributed by atoms with Gasteiger partial charge in [0, 0.05) is 13.1 Å². The molecule has 0 spiro atoms. The van der Waals surface area contributed by atoms with Crippen molar-refractivity contribution in [2.45, 2.75) is 25.4 Å². The van der Waals surface area contributed by atoms with Crippen LogP contribution < -0.4 is 5.76 Å². The van der Waals surface area contributed by atoms with Gasteiger partial charge in [-0.05, 0) is 25.5 Å². The molecule has 1 aliphatic rings. The monoisotopic (exact) mass is 338 g/mol. The molecule has 1 aromatic heterocycles. The maximum Gasteiger partial charge on any atom is 0.420 e. The number of benzene rings is 1. The van der Waals surface area contributed by atoms with Crippen LogP contribution in [0.2, 0.25) is 0 Å². The number of aromatic nitrogens is 1. The van der Waals surface area contributed by atoms with Gasteiger partial charge in [0.15, 0.2) is 15.4 Å². The molecule has 2 unspecified atom stereocenters. The van der Waals surface area contributed by atoms with Crippen molar-refractivity contribution in [2.24, 2.45) is 0 Å². The van der Waals surface area contributed by atoms with Crippen molar-refractivity contribution in [1.82, 2.24) is 9.47 Å². The number of hydrogen-bond acceptors (Lipinski definition) is 5. The van der Waals surface area contributed by atoms with Crippen LogP contribution in [0.25, 0.3) is 11.1 Å². The van der Waals surface area contributed by atoms with Crippen molar-refractivity contribution in [3.8, 4) is 0 Å². The van der Waals surface area contributed by atoms with Gasteiger partial charge in [0.2, 0.25) is 5.91 Å². The number of fused-ring (bicyclic) bond motifs is 1. The van der Waals surface area contributed by atoms with Crippen LogP contribution in [0.4, 0.5) is 0 Å². The Hall–Kier alpha value is -2.09. The molecule has 7 nitrogen and oxygen atoms in total. The Bertz CT molecular complexity index is 911. The van der Waals surface area contributed by atoms with E-state index in [9.17, 15) is 18.0 Å². The molecule has 1 amide bonds. The lowest BCUT2D eigenvalue weighted by atomic mass is 10.2. The van der Waals surface area contributed by atoms with Crippen molar-refractivity contribution in [2.75, 3.05) is 18.6 Å². The standard InChI is InChI=1S/C15H18N2O5S/c1-10(14(18)16(2)11-7-8-23(20,21)9-11)17-12-5-3-4-6-13(12)22-15(17)19/h3-6,10-11H,7-9H2,1-2H3. The summed E-state index contributed by atoms with van der Waals surface area (Å²) in [5, 5.41) is 0. The summed E-state index contributed by atoms with van der Waals surface area (Å²) in [6.07, 6.45) is 0.429. The molecule has 0 N–H and O–H groups in total. The van der Waals surface area contributed by atoms with Gasteiger partial charge in [-0.2, -0.15) is 0 Å². The Morgan fingerprint density at radius 2 is 2.09 bits per heavy atom. The van der Waals surface area contributed by atoms with Crippen molar-refractivity contribution in [1.29, 1.82) is 0 Å². The van der Waals surface area contributed by atoms with Gasteiger partial charge in [-0.1, -0.05) is 12.1 Å². The van der Waals surface area contributed by atoms with Crippen LogP contribution in [0.15, 0.2) is 33.5 Å². The van der Waals surface area contributed by atoms with Crippen molar-refractivity contribution in [3.63, 3.8) is 0 Å². The maximum absolute atomic E-state index is 12.7. The van der Waals surface area contributed by atoms with E-state index in [1.807, 2.05) is 0 Å². The van der Waals surface area contributed by atoms with Gasteiger partial charge in [0.1, 0.15) is 6.04 Å². The van der Waals surface area contributed by atoms with Gasteiger partial charge < -0.3 is 9.32 Å². The average Bonchev–Trinajstić information content (AvgIpc) is 3.03. The summed E-state index contributed by atoms with van der Waals surface area (Å²) in [5.41, 5.74) is 0.967. The second-order valence-corrected chi connectivity index (χ2v) is 8.12. The van der Waals surface area contributed by atoms with E-state index in [0.717, 1.165) is 0 Å². The minimum Gasteiger partial charge on any atom is -0.408 e. The predicted octanol–water partition coefficient (Wildman–Crippen LogP) is 0.801. The van der Waals surface area contributed by atoms with Crippen molar-refractivity contribution < 1.29 is 17.6 Å². The summed E-state index contributed by atoms with van der Waals surface area (Å²) in [6, 6.07) is 5.78. The van der Waals surface area contributed by atoms with Gasteiger partial charge in [0.05, 0.1) is 17.0 Å². The Morgan fingerprint density at radius 1 is 1.39 bits per heavy atom. The summed E-state index contributed by atoms with van der Waals surface area (Å²) in [7, 11) is -1.50. The quantitative estimate of drug-likeness (QED) is 0.826. The number of hydrogen-bond donors (Lipinski definition) is 0. The molecular weight excluding hydrogens is 320 g/mol. The fraction of sp³-hybridized carbons (Fsp3) is 0.467. The van der Waals surface area contributed by atoms with Crippen LogP contribution in [-0.4, -0.2) is 48.4 Å². The van der Waals surface area contributed by atoms with E-state index in [1.54, 1.807) is 38.2 Å². The zero-order chi connectivity index (χ0) is 16.8. The number of carbonyl (C=O) groups excluding carboxylic acids is 1. The first kappa shape index (κ1) is 15.8. The molecular formula is C15H18N2O5S. The summed E-state index contributed by atoms with van der Waals surface area (Å²) < 4.78 is 29.6. The van der Waals surface area contributed by atoms with E-state index in [2.05, 4.69) is 0 Å². The molecule has 2 heterocycles. The average molecular weight is 338 g/mol. The third-order valence-electron chi connectivity index (χ3n) is 4.37. The van der Waals surface area contributed by atoms with Gasteiger partial charge >= 0.3 is 5.76 Å². The molecule has 3 rings (SSSR count). The summed E-state index contributed by atoms with van der Waals surface area (Å²) >= 11 is 0. The largest absolute Gasteiger partial charge is 0.420 e. The highest BCUT2D eigenvalue weighted by Gasteiger charge is 2.35. The van der Waals surface area contributed by atoms with Gasteiger partial charge in [-0.15, -0.1) is 0 Å². The van der Waals surface area contributed by atoms with E-state index >= 15 is 0 Å². The highest BCUT2D eigenvalue weighted by molar-refractivity contribution is 7.91. The van der Waals surface area contributed by atoms with Gasteiger partial charge in [0.25, 0.3) is 0 Å². The summed E-state index contributed by atoms with van der Waals surface area (Å²) in [4.78, 5) is 26.2. The minimum absolute atomic E-state index is 0.0248. The maximum atomic E-state index is 12.7. The first-order valence-electron chi connectivity index (χ1n) is 7.37. The third kappa shape index (κ3) is 2.78. The third-order valence-corrected chi connectivity index (χ3v) is 6.12. The van der Waals surface area contributed by atoms with Gasteiger partial charge in [-0.3, -0.25) is 9.36 Å². The molecule has 8 heteroatoms. The molecule has 0 saturated carbocycles. The lowest BCUT2D eigenvalue weighted by molar-refractivity contribution is -0.134. The van der Waals surface area contributed by atoms with E-state index in [-0.39, 0.29) is 23.5 Å². The number of nitrogens with zero attached hydrogens (tertiary/aromatic N) is 2. The number of sulfone groups is 1. The zero-order valence-corrected chi connectivity index (χ0v) is 13.7. The molecule has 0 aliphatic carbocycles. The fourth-order valence-electron chi connectivity index (χ4n) is 3.02. The second kappa shape index (κ2) is 5.52. The first-order chi connectivity index (χ1) is 10.8. The van der Waals surface area contributed by atoms with Gasteiger partial charge in [-0.25, -0.2) is 13.2 Å². The minimum atomic E-state index is -3.08. The molecule has 2 aromatic rings. The molecule has 0 bridgehead atoms. The molecule has 1 aliphatic heterocycles. The zero-order valence-electron chi connectivity index (χ0n) is 12.9. The number of amides is 1. The molecule has 1 aromatic carbocycles. The fourth-order valence-corrected chi connectivity index (χ4v) is 4.79. The van der Waals surface area contributed by atoms with E-state index in [1.165, 1.54) is 9.47 Å². The number of oxazole rings is 1. The molecule has 2 atom stereocenters. The lowest BCUT2D eigenvalue weighted by Crippen LogP contribution is -2.42. The van der Waals surface area contributed by atoms with Crippen molar-refractivity contribution >= 4 is 26.8 Å². The van der Waals surface area contributed by atoms with Crippen molar-refractivity contribution in [3.05, 3.63) is 34.8 Å². The number of para-hydroxylation sites is 2.